The summed E-state index contributed by atoms with van der Waals surface area (Å²) in [4.78, 5) is 31.8. The second-order valence-electron chi connectivity index (χ2n) is 6.95. The third-order valence-electron chi connectivity index (χ3n) is 4.80. The molecule has 7 heteroatoms. The first-order chi connectivity index (χ1) is 14.2. The molecule has 0 bridgehead atoms. The Morgan fingerprint density at radius 2 is 2.10 bits per heavy atom. The van der Waals surface area contributed by atoms with Crippen LogP contribution < -0.4 is 5.32 Å². The first kappa shape index (κ1) is 18.7. The van der Waals surface area contributed by atoms with Crippen LogP contribution in [0.1, 0.15) is 29.4 Å². The fraction of sp³-hybridized carbons (Fsp3) is 0.227. The molecule has 1 N–H and O–H groups in total. The van der Waals surface area contributed by atoms with Crippen molar-refractivity contribution < 1.29 is 4.79 Å². The van der Waals surface area contributed by atoms with Gasteiger partial charge in [-0.3, -0.25) is 9.78 Å². The largest absolute Gasteiger partial charge is 0.338 e. The van der Waals surface area contributed by atoms with Crippen LogP contribution in [0.15, 0.2) is 61.1 Å². The summed E-state index contributed by atoms with van der Waals surface area (Å²) in [5.41, 5.74) is 1.86. The van der Waals surface area contributed by atoms with Gasteiger partial charge in [0.05, 0.1) is 5.69 Å². The fourth-order valence-corrected chi connectivity index (χ4v) is 3.38. The summed E-state index contributed by atoms with van der Waals surface area (Å²) in [5, 5.41) is 3.22. The van der Waals surface area contributed by atoms with E-state index in [2.05, 4.69) is 25.3 Å². The van der Waals surface area contributed by atoms with E-state index in [0.717, 1.165) is 23.5 Å². The molecule has 0 aliphatic carbocycles. The molecule has 0 radical (unpaired) electrons. The van der Waals surface area contributed by atoms with Crippen molar-refractivity contribution in [3.63, 3.8) is 0 Å². The van der Waals surface area contributed by atoms with Gasteiger partial charge in [0.25, 0.3) is 0 Å². The summed E-state index contributed by atoms with van der Waals surface area (Å²) in [7, 11) is 0. The van der Waals surface area contributed by atoms with Crippen LogP contribution in [0.5, 0.6) is 0 Å². The van der Waals surface area contributed by atoms with Gasteiger partial charge in [0, 0.05) is 49.7 Å². The van der Waals surface area contributed by atoms with Crippen LogP contribution in [0.25, 0.3) is 6.08 Å². The van der Waals surface area contributed by atoms with Gasteiger partial charge < -0.3 is 10.2 Å². The van der Waals surface area contributed by atoms with Crippen LogP contribution in [0, 0.1) is 6.92 Å². The Bertz CT molecular complexity index is 1010. The molecular weight excluding hydrogens is 364 g/mol. The van der Waals surface area contributed by atoms with E-state index in [4.69, 9.17) is 0 Å². The van der Waals surface area contributed by atoms with Gasteiger partial charge in [-0.15, -0.1) is 0 Å². The molecule has 1 saturated heterocycles. The number of carbonyl (C=O) groups excluding carboxylic acids is 1. The number of aromatic nitrogens is 4. The minimum atomic E-state index is 0.00830. The minimum absolute atomic E-state index is 0.00830. The smallest absolute Gasteiger partial charge is 0.246 e. The number of nitrogens with zero attached hydrogens (tertiary/aromatic N) is 5. The number of rotatable bonds is 5. The predicted molar refractivity (Wildman–Crippen MR) is 111 cm³/mol. The fourth-order valence-electron chi connectivity index (χ4n) is 3.38. The monoisotopic (exact) mass is 386 g/mol. The maximum atomic E-state index is 12.5. The van der Waals surface area contributed by atoms with E-state index in [-0.39, 0.29) is 11.8 Å². The standard InChI is InChI=1S/C22H22N6O/c1-16-25-19(13-21(26-16)27-20-6-2-3-11-24-20)18-9-12-28(15-18)22(29)8-7-17-5-4-10-23-14-17/h2-8,10-11,13-14,18H,9,12,15H2,1H3,(H,24,25,26,27)/b8-7+/t18-/m0/s1. The maximum Gasteiger partial charge on any atom is 0.246 e. The Balaban J connectivity index is 1.43. The van der Waals surface area contributed by atoms with Gasteiger partial charge in [0.15, 0.2) is 0 Å². The van der Waals surface area contributed by atoms with Gasteiger partial charge in [0.2, 0.25) is 5.91 Å². The first-order valence-electron chi connectivity index (χ1n) is 9.58. The summed E-state index contributed by atoms with van der Waals surface area (Å²) < 4.78 is 0. The van der Waals surface area contributed by atoms with E-state index < -0.39 is 0 Å². The number of aryl methyl sites for hydroxylation is 1. The van der Waals surface area contributed by atoms with Gasteiger partial charge >= 0.3 is 0 Å². The van der Waals surface area contributed by atoms with Crippen molar-refractivity contribution in [1.82, 2.24) is 24.8 Å². The van der Waals surface area contributed by atoms with E-state index in [1.165, 1.54) is 0 Å². The zero-order valence-corrected chi connectivity index (χ0v) is 16.2. The lowest BCUT2D eigenvalue weighted by Gasteiger charge is -2.15. The summed E-state index contributed by atoms with van der Waals surface area (Å²) >= 11 is 0. The molecule has 3 aromatic heterocycles. The van der Waals surface area contributed by atoms with Crippen molar-refractivity contribution in [1.29, 1.82) is 0 Å². The number of hydrogen-bond acceptors (Lipinski definition) is 6. The molecule has 1 fully saturated rings. The zero-order chi connectivity index (χ0) is 20.1. The first-order valence-corrected chi connectivity index (χ1v) is 9.58. The molecule has 0 aromatic carbocycles. The number of pyridine rings is 2. The number of amides is 1. The lowest BCUT2D eigenvalue weighted by Crippen LogP contribution is -2.26. The van der Waals surface area contributed by atoms with Crippen molar-refractivity contribution >= 4 is 23.6 Å². The minimum Gasteiger partial charge on any atom is -0.338 e. The quantitative estimate of drug-likeness (QED) is 0.677. The van der Waals surface area contributed by atoms with Gasteiger partial charge in [-0.05, 0) is 43.2 Å². The SMILES string of the molecule is Cc1nc(Nc2ccccn2)cc([C@H]2CCN(C(=O)/C=C/c3cccnc3)C2)n1. The van der Waals surface area contributed by atoms with Crippen molar-refractivity contribution in [2.45, 2.75) is 19.3 Å². The maximum absolute atomic E-state index is 12.5. The molecule has 1 atom stereocenters. The number of hydrogen-bond donors (Lipinski definition) is 1. The van der Waals surface area contributed by atoms with Crippen LogP contribution in [0.2, 0.25) is 0 Å². The highest BCUT2D eigenvalue weighted by atomic mass is 16.2. The van der Waals surface area contributed by atoms with E-state index in [9.17, 15) is 4.79 Å². The predicted octanol–water partition coefficient (Wildman–Crippen LogP) is 3.35. The number of nitrogens with one attached hydrogen (secondary N) is 1. The Hall–Kier alpha value is -3.61. The van der Waals surface area contributed by atoms with Gasteiger partial charge in [-0.2, -0.15) is 0 Å². The molecule has 1 amide bonds. The molecule has 3 aromatic rings. The van der Waals surface area contributed by atoms with Crippen LogP contribution in [-0.2, 0) is 4.79 Å². The average molecular weight is 386 g/mol. The molecule has 1 aliphatic rings. The number of anilines is 2. The van der Waals surface area contributed by atoms with E-state index in [1.54, 1.807) is 30.7 Å². The lowest BCUT2D eigenvalue weighted by atomic mass is 10.0. The molecule has 7 nitrogen and oxygen atoms in total. The Labute approximate surface area is 169 Å². The van der Waals surface area contributed by atoms with E-state index in [1.807, 2.05) is 48.2 Å². The zero-order valence-electron chi connectivity index (χ0n) is 16.2. The normalized spacial score (nSPS) is 16.3. The van der Waals surface area contributed by atoms with Crippen LogP contribution >= 0.6 is 0 Å². The summed E-state index contributed by atoms with van der Waals surface area (Å²) in [6.45, 7) is 3.24. The molecule has 29 heavy (non-hydrogen) atoms. The Kier molecular flexibility index (Phi) is 5.56. The average Bonchev–Trinajstić information content (AvgIpc) is 3.24. The van der Waals surface area contributed by atoms with Crippen LogP contribution in [-0.4, -0.2) is 43.8 Å². The molecule has 4 heterocycles. The topological polar surface area (TPSA) is 83.9 Å². The number of likely N-dealkylation sites (tertiary alicyclic amines) is 1. The van der Waals surface area contributed by atoms with Gasteiger partial charge in [0.1, 0.15) is 17.5 Å². The third-order valence-corrected chi connectivity index (χ3v) is 4.80. The van der Waals surface area contributed by atoms with Gasteiger partial charge in [-0.1, -0.05) is 12.1 Å². The summed E-state index contributed by atoms with van der Waals surface area (Å²) in [6.07, 6.45) is 9.47. The van der Waals surface area contributed by atoms with E-state index in [0.29, 0.717) is 24.7 Å². The second-order valence-corrected chi connectivity index (χ2v) is 6.95. The molecule has 0 spiro atoms. The highest BCUT2D eigenvalue weighted by Gasteiger charge is 2.27. The third kappa shape index (κ3) is 4.82. The van der Waals surface area contributed by atoms with Crippen molar-refractivity contribution in [2.75, 3.05) is 18.4 Å². The second kappa shape index (κ2) is 8.60. The highest BCUT2D eigenvalue weighted by molar-refractivity contribution is 5.92. The molecule has 0 unspecified atom stereocenters. The lowest BCUT2D eigenvalue weighted by molar-refractivity contribution is -0.124. The molecule has 1 aliphatic heterocycles. The van der Waals surface area contributed by atoms with E-state index >= 15 is 0 Å². The van der Waals surface area contributed by atoms with Crippen molar-refractivity contribution in [2.24, 2.45) is 0 Å². The summed E-state index contributed by atoms with van der Waals surface area (Å²) in [5.74, 6) is 2.35. The molecular formula is C22H22N6O. The number of carbonyl (C=O) groups is 1. The molecule has 0 saturated carbocycles. The van der Waals surface area contributed by atoms with Gasteiger partial charge in [-0.25, -0.2) is 15.0 Å². The Morgan fingerprint density at radius 3 is 2.90 bits per heavy atom. The van der Waals surface area contributed by atoms with Crippen LogP contribution in [0.3, 0.4) is 0 Å². The summed E-state index contributed by atoms with van der Waals surface area (Å²) in [6, 6.07) is 11.4. The van der Waals surface area contributed by atoms with Crippen LogP contribution in [0.4, 0.5) is 11.6 Å². The van der Waals surface area contributed by atoms with Crippen molar-refractivity contribution in [3.05, 3.63) is 78.1 Å². The molecule has 146 valence electrons. The highest BCUT2D eigenvalue weighted by Crippen LogP contribution is 2.28. The Morgan fingerprint density at radius 1 is 1.17 bits per heavy atom. The van der Waals surface area contributed by atoms with Crippen molar-refractivity contribution in [3.8, 4) is 0 Å². The molecule has 4 rings (SSSR count).